The van der Waals surface area contributed by atoms with Gasteiger partial charge in [0.05, 0.1) is 11.3 Å². The first-order valence-corrected chi connectivity index (χ1v) is 8.55. The average Bonchev–Trinajstić information content (AvgIpc) is 2.64. The number of anilines is 1. The predicted octanol–water partition coefficient (Wildman–Crippen LogP) is 3.56. The van der Waals surface area contributed by atoms with E-state index in [0.29, 0.717) is 24.3 Å². The molecule has 2 aromatic carbocycles. The highest BCUT2D eigenvalue weighted by Gasteiger charge is 2.21. The van der Waals surface area contributed by atoms with E-state index < -0.39 is 0 Å². The van der Waals surface area contributed by atoms with Crippen LogP contribution in [0.5, 0.6) is 0 Å². The van der Waals surface area contributed by atoms with Gasteiger partial charge < -0.3 is 10.2 Å². The van der Waals surface area contributed by atoms with E-state index in [1.807, 2.05) is 24.3 Å². The van der Waals surface area contributed by atoms with Crippen LogP contribution in [0.1, 0.15) is 11.1 Å². The molecule has 1 aliphatic heterocycles. The van der Waals surface area contributed by atoms with Gasteiger partial charge in [0, 0.05) is 37.7 Å². The van der Waals surface area contributed by atoms with Crippen LogP contribution in [-0.2, 0) is 6.54 Å². The Bertz CT molecular complexity index is 777. The smallest absolute Gasteiger partial charge is 0.321 e. The maximum atomic E-state index is 12.4. The van der Waals surface area contributed by atoms with Crippen molar-refractivity contribution in [3.8, 4) is 6.07 Å². The quantitative estimate of drug-likeness (QED) is 0.916. The molecule has 0 unspecified atom stereocenters. The topological polar surface area (TPSA) is 59.4 Å². The largest absolute Gasteiger partial charge is 0.322 e. The number of carbonyl (C=O) groups is 1. The van der Waals surface area contributed by atoms with Gasteiger partial charge in [0.1, 0.15) is 6.07 Å². The third kappa shape index (κ3) is 4.50. The molecule has 2 amide bonds. The van der Waals surface area contributed by atoms with Crippen LogP contribution in [-0.4, -0.2) is 42.0 Å². The van der Waals surface area contributed by atoms with Crippen molar-refractivity contribution in [2.24, 2.45) is 0 Å². The Kier molecular flexibility index (Phi) is 5.54. The lowest BCUT2D eigenvalue weighted by Crippen LogP contribution is -2.49. The third-order valence-corrected chi connectivity index (χ3v) is 4.52. The van der Waals surface area contributed by atoms with Crippen molar-refractivity contribution in [1.82, 2.24) is 9.80 Å². The first-order valence-electron chi connectivity index (χ1n) is 8.17. The van der Waals surface area contributed by atoms with Gasteiger partial charge in [-0.15, -0.1) is 0 Å². The molecule has 0 atom stereocenters. The summed E-state index contributed by atoms with van der Waals surface area (Å²) in [6.45, 7) is 3.80. The summed E-state index contributed by atoms with van der Waals surface area (Å²) in [6.07, 6.45) is 0. The molecule has 6 heteroatoms. The lowest BCUT2D eigenvalue weighted by atomic mass is 10.2. The molecule has 0 saturated carbocycles. The fourth-order valence-electron chi connectivity index (χ4n) is 2.84. The van der Waals surface area contributed by atoms with Gasteiger partial charge >= 0.3 is 6.03 Å². The Labute approximate surface area is 152 Å². The van der Waals surface area contributed by atoms with Crippen LogP contribution in [0.2, 0.25) is 5.02 Å². The highest BCUT2D eigenvalue weighted by Crippen LogP contribution is 2.16. The molecule has 3 rings (SSSR count). The molecule has 0 spiro atoms. The van der Waals surface area contributed by atoms with Crippen LogP contribution in [0, 0.1) is 11.3 Å². The van der Waals surface area contributed by atoms with E-state index in [-0.39, 0.29) is 6.03 Å². The van der Waals surface area contributed by atoms with E-state index in [9.17, 15) is 4.79 Å². The van der Waals surface area contributed by atoms with Crippen molar-refractivity contribution in [2.75, 3.05) is 31.5 Å². The molecule has 0 aromatic heterocycles. The number of nitriles is 1. The zero-order valence-electron chi connectivity index (χ0n) is 13.8. The van der Waals surface area contributed by atoms with Gasteiger partial charge in [-0.3, -0.25) is 4.90 Å². The van der Waals surface area contributed by atoms with Gasteiger partial charge in [0.2, 0.25) is 0 Å². The molecule has 0 radical (unpaired) electrons. The molecule has 1 aliphatic rings. The number of rotatable bonds is 3. The monoisotopic (exact) mass is 354 g/mol. The Hall–Kier alpha value is -2.55. The first kappa shape index (κ1) is 17.3. The fourth-order valence-corrected chi connectivity index (χ4v) is 2.97. The van der Waals surface area contributed by atoms with Crippen molar-refractivity contribution in [3.63, 3.8) is 0 Å². The fraction of sp³-hybridized carbons (Fsp3) is 0.263. The molecule has 0 bridgehead atoms. The normalized spacial score (nSPS) is 14.8. The van der Waals surface area contributed by atoms with Gasteiger partial charge in [-0.25, -0.2) is 4.79 Å². The molecule has 0 aliphatic carbocycles. The minimum atomic E-state index is -0.158. The van der Waals surface area contributed by atoms with Crippen molar-refractivity contribution < 1.29 is 4.79 Å². The van der Waals surface area contributed by atoms with Crippen LogP contribution in [0.4, 0.5) is 10.5 Å². The molecular formula is C19H19ClN4O. The van der Waals surface area contributed by atoms with E-state index >= 15 is 0 Å². The van der Waals surface area contributed by atoms with Crippen molar-refractivity contribution in [2.45, 2.75) is 6.54 Å². The number of benzene rings is 2. The van der Waals surface area contributed by atoms with Crippen molar-refractivity contribution in [3.05, 3.63) is 64.7 Å². The number of halogens is 1. The highest BCUT2D eigenvalue weighted by atomic mass is 35.5. The van der Waals surface area contributed by atoms with E-state index in [4.69, 9.17) is 16.9 Å². The number of nitrogens with zero attached hydrogens (tertiary/aromatic N) is 3. The number of piperazine rings is 1. The van der Waals surface area contributed by atoms with Gasteiger partial charge in [-0.2, -0.15) is 5.26 Å². The van der Waals surface area contributed by atoms with E-state index in [0.717, 1.165) is 24.7 Å². The number of urea groups is 1. The summed E-state index contributed by atoms with van der Waals surface area (Å²) < 4.78 is 0. The van der Waals surface area contributed by atoms with Gasteiger partial charge in [0.25, 0.3) is 0 Å². The second kappa shape index (κ2) is 8.02. The van der Waals surface area contributed by atoms with E-state index in [1.54, 1.807) is 29.2 Å². The molecular weight excluding hydrogens is 336 g/mol. The predicted molar refractivity (Wildman–Crippen MR) is 98.5 cm³/mol. The Morgan fingerprint density at radius 3 is 2.44 bits per heavy atom. The lowest BCUT2D eigenvalue weighted by molar-refractivity contribution is 0.143. The van der Waals surface area contributed by atoms with Crippen molar-refractivity contribution in [1.29, 1.82) is 5.26 Å². The minimum Gasteiger partial charge on any atom is -0.322 e. The molecule has 1 saturated heterocycles. The summed E-state index contributed by atoms with van der Waals surface area (Å²) in [5.41, 5.74) is 2.24. The second-order valence-corrected chi connectivity index (χ2v) is 6.41. The molecule has 1 heterocycles. The molecule has 1 N–H and O–H groups in total. The Morgan fingerprint density at radius 1 is 1.08 bits per heavy atom. The number of hydrogen-bond acceptors (Lipinski definition) is 3. The number of amides is 2. The van der Waals surface area contributed by atoms with Crippen LogP contribution in [0.15, 0.2) is 48.5 Å². The van der Waals surface area contributed by atoms with Crippen LogP contribution < -0.4 is 5.32 Å². The summed E-state index contributed by atoms with van der Waals surface area (Å²) >= 11 is 5.91. The van der Waals surface area contributed by atoms with E-state index in [2.05, 4.69) is 16.3 Å². The highest BCUT2D eigenvalue weighted by molar-refractivity contribution is 6.30. The molecule has 2 aromatic rings. The molecule has 25 heavy (non-hydrogen) atoms. The maximum Gasteiger partial charge on any atom is 0.321 e. The van der Waals surface area contributed by atoms with E-state index in [1.165, 1.54) is 5.56 Å². The Morgan fingerprint density at radius 2 is 1.76 bits per heavy atom. The summed E-state index contributed by atoms with van der Waals surface area (Å²) in [6, 6.07) is 16.8. The summed E-state index contributed by atoms with van der Waals surface area (Å²) in [5, 5.41) is 12.7. The van der Waals surface area contributed by atoms with Crippen LogP contribution >= 0.6 is 11.6 Å². The van der Waals surface area contributed by atoms with Gasteiger partial charge in [0.15, 0.2) is 0 Å². The summed E-state index contributed by atoms with van der Waals surface area (Å²) in [4.78, 5) is 16.5. The second-order valence-electron chi connectivity index (χ2n) is 5.98. The zero-order valence-corrected chi connectivity index (χ0v) is 14.5. The van der Waals surface area contributed by atoms with Crippen LogP contribution in [0.25, 0.3) is 0 Å². The lowest BCUT2D eigenvalue weighted by Gasteiger charge is -2.34. The third-order valence-electron chi connectivity index (χ3n) is 4.27. The average molecular weight is 355 g/mol. The van der Waals surface area contributed by atoms with Gasteiger partial charge in [-0.05, 0) is 29.8 Å². The number of hydrogen-bond donors (Lipinski definition) is 1. The first-order chi connectivity index (χ1) is 12.2. The number of nitrogens with one attached hydrogen (secondary N) is 1. The molecule has 1 fully saturated rings. The molecule has 128 valence electrons. The standard InChI is InChI=1S/C19H19ClN4O/c20-17-7-5-15(6-8-17)14-23-9-11-24(12-10-23)19(25)22-18-4-2-1-3-16(18)13-21/h1-8H,9-12,14H2,(H,22,25). The zero-order chi connectivity index (χ0) is 17.6. The SMILES string of the molecule is N#Cc1ccccc1NC(=O)N1CCN(Cc2ccc(Cl)cc2)CC1. The van der Waals surface area contributed by atoms with Crippen molar-refractivity contribution >= 4 is 23.3 Å². The maximum absolute atomic E-state index is 12.4. The number of para-hydroxylation sites is 1. The summed E-state index contributed by atoms with van der Waals surface area (Å²) in [5.74, 6) is 0. The summed E-state index contributed by atoms with van der Waals surface area (Å²) in [7, 11) is 0. The molecule has 5 nitrogen and oxygen atoms in total. The van der Waals surface area contributed by atoms with Crippen LogP contribution in [0.3, 0.4) is 0 Å². The Balaban J connectivity index is 1.52. The minimum absolute atomic E-state index is 0.158. The van der Waals surface area contributed by atoms with Gasteiger partial charge in [-0.1, -0.05) is 35.9 Å². The number of carbonyl (C=O) groups excluding carboxylic acids is 1.